The van der Waals surface area contributed by atoms with Gasteiger partial charge < -0.3 is 20.4 Å². The smallest absolute Gasteiger partial charge is 0.223 e. The molecule has 1 atom stereocenters. The third-order valence-corrected chi connectivity index (χ3v) is 5.56. The number of hydrogen-bond donors (Lipinski definition) is 3. The minimum atomic E-state index is 0.181. The second kappa shape index (κ2) is 9.63. The number of nitrogens with zero attached hydrogens (tertiary/aromatic N) is 1. The first-order valence-corrected chi connectivity index (χ1v) is 10.7. The highest BCUT2D eigenvalue weighted by molar-refractivity contribution is 5.81. The Morgan fingerprint density at radius 1 is 1.03 bits per heavy atom. The summed E-state index contributed by atoms with van der Waals surface area (Å²) < 4.78 is 5.40. The molecule has 2 aliphatic rings. The Hall–Kier alpha value is -2.76. The molecule has 0 aliphatic heterocycles. The highest BCUT2D eigenvalue weighted by Crippen LogP contribution is 2.28. The minimum Gasteiger partial charge on any atom is -0.469 e. The standard InChI is InChI=1S/C23H30N4O2/c28-22(18-7-8-18)24-13-14-26-23(25-12-11-21-6-3-15-29-21)27-20-10-9-17-4-1-2-5-19(17)16-20/h1-6,15,18,20H,7-14,16H2,(H,24,28)(H2,25,26,27). The monoisotopic (exact) mass is 394 g/mol. The van der Waals surface area contributed by atoms with Crippen molar-refractivity contribution in [3.05, 3.63) is 59.5 Å². The van der Waals surface area contributed by atoms with Crippen molar-refractivity contribution in [2.45, 2.75) is 44.6 Å². The van der Waals surface area contributed by atoms with Crippen LogP contribution in [-0.4, -0.2) is 37.5 Å². The number of carbonyl (C=O) groups is 1. The number of fused-ring (bicyclic) bond motifs is 1. The SMILES string of the molecule is O=C(NCCNC(=NCCc1ccco1)NC1CCc2ccccc2C1)C1CC1. The van der Waals surface area contributed by atoms with Crippen LogP contribution in [0.1, 0.15) is 36.1 Å². The summed E-state index contributed by atoms with van der Waals surface area (Å²) in [4.78, 5) is 16.5. The number of nitrogens with one attached hydrogen (secondary N) is 3. The van der Waals surface area contributed by atoms with Crippen LogP contribution in [0.2, 0.25) is 0 Å². The zero-order valence-corrected chi connectivity index (χ0v) is 16.8. The molecular formula is C23H30N4O2. The molecule has 1 aromatic heterocycles. The maximum absolute atomic E-state index is 11.8. The fourth-order valence-corrected chi connectivity index (χ4v) is 3.76. The molecule has 154 valence electrons. The molecule has 3 N–H and O–H groups in total. The summed E-state index contributed by atoms with van der Waals surface area (Å²) in [5.41, 5.74) is 2.88. The van der Waals surface area contributed by atoms with Crippen LogP contribution in [-0.2, 0) is 24.1 Å². The van der Waals surface area contributed by atoms with Gasteiger partial charge in [0.25, 0.3) is 0 Å². The average molecular weight is 395 g/mol. The van der Waals surface area contributed by atoms with Crippen LogP contribution in [0.3, 0.4) is 0 Å². The summed E-state index contributed by atoms with van der Waals surface area (Å²) in [7, 11) is 0. The molecule has 0 radical (unpaired) electrons. The van der Waals surface area contributed by atoms with E-state index in [1.54, 1.807) is 6.26 Å². The Morgan fingerprint density at radius 2 is 1.86 bits per heavy atom. The molecule has 4 rings (SSSR count). The highest BCUT2D eigenvalue weighted by atomic mass is 16.3. The molecule has 6 heteroatoms. The van der Waals surface area contributed by atoms with Crippen LogP contribution in [0.4, 0.5) is 0 Å². The largest absolute Gasteiger partial charge is 0.469 e. The molecule has 0 spiro atoms. The van der Waals surface area contributed by atoms with Gasteiger partial charge in [-0.2, -0.15) is 0 Å². The van der Waals surface area contributed by atoms with Gasteiger partial charge in [-0.05, 0) is 55.4 Å². The van der Waals surface area contributed by atoms with Gasteiger partial charge in [0.15, 0.2) is 5.96 Å². The van der Waals surface area contributed by atoms with Crippen molar-refractivity contribution in [2.24, 2.45) is 10.9 Å². The first-order chi connectivity index (χ1) is 14.3. The maximum atomic E-state index is 11.8. The summed E-state index contributed by atoms with van der Waals surface area (Å²) >= 11 is 0. The van der Waals surface area contributed by atoms with Gasteiger partial charge in [0.2, 0.25) is 5.91 Å². The van der Waals surface area contributed by atoms with E-state index < -0.39 is 0 Å². The van der Waals surface area contributed by atoms with Gasteiger partial charge in [-0.15, -0.1) is 0 Å². The number of rotatable bonds is 8. The lowest BCUT2D eigenvalue weighted by atomic mass is 9.88. The highest BCUT2D eigenvalue weighted by Gasteiger charge is 2.29. The molecule has 2 aromatic rings. The van der Waals surface area contributed by atoms with E-state index in [2.05, 4.69) is 40.2 Å². The van der Waals surface area contributed by atoms with E-state index in [4.69, 9.17) is 9.41 Å². The average Bonchev–Trinajstić information content (AvgIpc) is 3.47. The Morgan fingerprint density at radius 3 is 2.66 bits per heavy atom. The predicted molar refractivity (Wildman–Crippen MR) is 114 cm³/mol. The molecule has 6 nitrogen and oxygen atoms in total. The second-order valence-electron chi connectivity index (χ2n) is 7.90. The lowest BCUT2D eigenvalue weighted by Crippen LogP contribution is -2.47. The van der Waals surface area contributed by atoms with Crippen LogP contribution in [0, 0.1) is 5.92 Å². The fraction of sp³-hybridized carbons (Fsp3) is 0.478. The molecule has 0 bridgehead atoms. The van der Waals surface area contributed by atoms with Crippen molar-refractivity contribution in [2.75, 3.05) is 19.6 Å². The second-order valence-corrected chi connectivity index (χ2v) is 7.90. The van der Waals surface area contributed by atoms with Crippen LogP contribution >= 0.6 is 0 Å². The molecular weight excluding hydrogens is 364 g/mol. The van der Waals surface area contributed by atoms with Crippen molar-refractivity contribution in [3.8, 4) is 0 Å². The van der Waals surface area contributed by atoms with E-state index in [-0.39, 0.29) is 11.8 Å². The number of amides is 1. The van der Waals surface area contributed by atoms with E-state index in [0.717, 1.165) is 50.2 Å². The van der Waals surface area contributed by atoms with E-state index in [9.17, 15) is 4.79 Å². The van der Waals surface area contributed by atoms with Crippen LogP contribution in [0.25, 0.3) is 0 Å². The van der Waals surface area contributed by atoms with Crippen LogP contribution in [0.15, 0.2) is 52.1 Å². The fourth-order valence-electron chi connectivity index (χ4n) is 3.76. The molecule has 0 saturated heterocycles. The lowest BCUT2D eigenvalue weighted by molar-refractivity contribution is -0.122. The predicted octanol–water partition coefficient (Wildman–Crippen LogP) is 2.44. The van der Waals surface area contributed by atoms with Crippen molar-refractivity contribution >= 4 is 11.9 Å². The first kappa shape index (κ1) is 19.6. The zero-order chi connectivity index (χ0) is 19.9. The van der Waals surface area contributed by atoms with Gasteiger partial charge in [-0.1, -0.05) is 24.3 Å². The molecule has 2 aliphatic carbocycles. The Labute approximate surface area is 172 Å². The number of furan rings is 1. The molecule has 1 fully saturated rings. The van der Waals surface area contributed by atoms with E-state index in [0.29, 0.717) is 25.7 Å². The van der Waals surface area contributed by atoms with Crippen molar-refractivity contribution in [1.29, 1.82) is 0 Å². The topological polar surface area (TPSA) is 78.7 Å². The van der Waals surface area contributed by atoms with Crippen LogP contribution < -0.4 is 16.0 Å². The summed E-state index contributed by atoms with van der Waals surface area (Å²) in [6.07, 6.45) is 7.71. The van der Waals surface area contributed by atoms with Gasteiger partial charge in [0.1, 0.15) is 5.76 Å². The number of benzene rings is 1. The maximum Gasteiger partial charge on any atom is 0.223 e. The van der Waals surface area contributed by atoms with Gasteiger partial charge in [-0.25, -0.2) is 0 Å². The molecule has 1 unspecified atom stereocenters. The summed E-state index contributed by atoms with van der Waals surface area (Å²) in [5, 5.41) is 9.97. The minimum absolute atomic E-state index is 0.181. The summed E-state index contributed by atoms with van der Waals surface area (Å²) in [6.45, 7) is 1.93. The third-order valence-electron chi connectivity index (χ3n) is 5.56. The van der Waals surface area contributed by atoms with Gasteiger partial charge >= 0.3 is 0 Å². The molecule has 29 heavy (non-hydrogen) atoms. The normalized spacial score (nSPS) is 18.8. The van der Waals surface area contributed by atoms with Crippen LogP contribution in [0.5, 0.6) is 0 Å². The number of aliphatic imine (C=N–C) groups is 1. The van der Waals surface area contributed by atoms with Crippen molar-refractivity contribution < 1.29 is 9.21 Å². The molecule has 1 saturated carbocycles. The van der Waals surface area contributed by atoms with E-state index in [1.807, 2.05) is 12.1 Å². The number of hydrogen-bond acceptors (Lipinski definition) is 3. The summed E-state index contributed by atoms with van der Waals surface area (Å²) in [6, 6.07) is 12.9. The van der Waals surface area contributed by atoms with Crippen molar-refractivity contribution in [3.63, 3.8) is 0 Å². The van der Waals surface area contributed by atoms with Gasteiger partial charge in [-0.3, -0.25) is 9.79 Å². The van der Waals surface area contributed by atoms with E-state index >= 15 is 0 Å². The Bertz CT molecular complexity index is 827. The van der Waals surface area contributed by atoms with Gasteiger partial charge in [0.05, 0.1) is 6.26 Å². The number of aryl methyl sites for hydroxylation is 1. The first-order valence-electron chi connectivity index (χ1n) is 10.7. The van der Waals surface area contributed by atoms with E-state index in [1.165, 1.54) is 11.1 Å². The number of carbonyl (C=O) groups excluding carboxylic acids is 1. The lowest BCUT2D eigenvalue weighted by Gasteiger charge is -2.27. The Kier molecular flexibility index (Phi) is 6.49. The van der Waals surface area contributed by atoms with Gasteiger partial charge in [0, 0.05) is 38.0 Å². The molecule has 1 amide bonds. The number of guanidine groups is 1. The molecule has 1 aromatic carbocycles. The Balaban J connectivity index is 1.30. The van der Waals surface area contributed by atoms with Crippen molar-refractivity contribution in [1.82, 2.24) is 16.0 Å². The third kappa shape index (κ3) is 5.86. The quantitative estimate of drug-likeness (QED) is 0.365. The zero-order valence-electron chi connectivity index (χ0n) is 16.8. The summed E-state index contributed by atoms with van der Waals surface area (Å²) in [5.74, 6) is 2.18. The molecule has 1 heterocycles.